The molecule has 2 N–H and O–H groups in total. The zero-order chi connectivity index (χ0) is 27.1. The summed E-state index contributed by atoms with van der Waals surface area (Å²) in [5, 5.41) is 0. The van der Waals surface area contributed by atoms with Crippen molar-refractivity contribution in [1.82, 2.24) is 14.5 Å². The highest BCUT2D eigenvalue weighted by Gasteiger charge is 2.38. The van der Waals surface area contributed by atoms with E-state index >= 15 is 0 Å². The van der Waals surface area contributed by atoms with E-state index in [9.17, 15) is 4.79 Å². The molecule has 0 saturated carbocycles. The Morgan fingerprint density at radius 3 is 2.32 bits per heavy atom. The van der Waals surface area contributed by atoms with Crippen LogP contribution in [0.25, 0.3) is 11.3 Å². The third-order valence-corrected chi connectivity index (χ3v) is 6.63. The van der Waals surface area contributed by atoms with E-state index in [4.69, 9.17) is 15.5 Å². The first-order valence-corrected chi connectivity index (χ1v) is 13.1. The van der Waals surface area contributed by atoms with Crippen LogP contribution in [0.3, 0.4) is 0 Å². The van der Waals surface area contributed by atoms with Crippen LogP contribution in [0.5, 0.6) is 5.75 Å². The summed E-state index contributed by atoms with van der Waals surface area (Å²) < 4.78 is 7.65. The summed E-state index contributed by atoms with van der Waals surface area (Å²) in [4.78, 5) is 21.1. The van der Waals surface area contributed by atoms with Gasteiger partial charge in [-0.1, -0.05) is 81.4 Å². The van der Waals surface area contributed by atoms with Gasteiger partial charge in [0.2, 0.25) is 0 Å². The van der Waals surface area contributed by atoms with E-state index < -0.39 is 0 Å². The molecular weight excluding hydrogens is 472 g/mol. The second-order valence-electron chi connectivity index (χ2n) is 10.6. The summed E-state index contributed by atoms with van der Waals surface area (Å²) >= 11 is 0. The molecular formula is C32H38N4O2. The van der Waals surface area contributed by atoms with Crippen LogP contribution >= 0.6 is 0 Å². The van der Waals surface area contributed by atoms with Crippen LogP contribution in [0.4, 0.5) is 0 Å². The standard InChI is InChI=1S/C32H38N4O2/c1-32(2,3)29(36(20-12-19-33)31(37)26-16-9-6-10-17-26)30-34-28(25-14-7-5-8-15-25)23-35(30)22-24-13-11-18-27(21-24)38-4/h5-11,13-18,21,23,29H,12,19-20,22,33H2,1-4H3. The highest BCUT2D eigenvalue weighted by atomic mass is 16.5. The molecule has 38 heavy (non-hydrogen) atoms. The van der Waals surface area contributed by atoms with Crippen molar-refractivity contribution < 1.29 is 9.53 Å². The molecule has 1 heterocycles. The fourth-order valence-electron chi connectivity index (χ4n) is 4.84. The Morgan fingerprint density at radius 2 is 1.68 bits per heavy atom. The Hall–Kier alpha value is -3.90. The van der Waals surface area contributed by atoms with Gasteiger partial charge in [-0.25, -0.2) is 4.98 Å². The molecule has 0 aliphatic carbocycles. The first-order chi connectivity index (χ1) is 18.3. The molecule has 0 bridgehead atoms. The molecule has 0 spiro atoms. The number of nitrogens with two attached hydrogens (primary N) is 1. The van der Waals surface area contributed by atoms with Crippen molar-refractivity contribution >= 4 is 5.91 Å². The van der Waals surface area contributed by atoms with Crippen molar-refractivity contribution in [3.63, 3.8) is 0 Å². The number of imidazole rings is 1. The van der Waals surface area contributed by atoms with Crippen molar-refractivity contribution in [2.24, 2.45) is 11.1 Å². The maximum Gasteiger partial charge on any atom is 0.254 e. The van der Waals surface area contributed by atoms with Crippen molar-refractivity contribution in [3.05, 3.63) is 108 Å². The minimum atomic E-state index is -0.301. The highest BCUT2D eigenvalue weighted by Crippen LogP contribution is 2.40. The van der Waals surface area contributed by atoms with Crippen LogP contribution in [0.2, 0.25) is 0 Å². The Bertz CT molecular complexity index is 1330. The van der Waals surface area contributed by atoms with E-state index in [-0.39, 0.29) is 17.4 Å². The Morgan fingerprint density at radius 1 is 1.00 bits per heavy atom. The number of nitrogens with zero attached hydrogens (tertiary/aromatic N) is 3. The summed E-state index contributed by atoms with van der Waals surface area (Å²) in [6, 6.07) is 27.4. The van der Waals surface area contributed by atoms with Crippen molar-refractivity contribution in [3.8, 4) is 17.0 Å². The molecule has 0 saturated heterocycles. The average molecular weight is 511 g/mol. The largest absolute Gasteiger partial charge is 0.497 e. The van der Waals surface area contributed by atoms with Crippen LogP contribution in [-0.4, -0.2) is 40.6 Å². The number of rotatable bonds is 10. The lowest BCUT2D eigenvalue weighted by Crippen LogP contribution is -2.43. The summed E-state index contributed by atoms with van der Waals surface area (Å²) in [5.74, 6) is 1.64. The number of ether oxygens (including phenoxy) is 1. The summed E-state index contributed by atoms with van der Waals surface area (Å²) in [6.45, 7) is 8.14. The van der Waals surface area contributed by atoms with Crippen LogP contribution < -0.4 is 10.5 Å². The van der Waals surface area contributed by atoms with Crippen LogP contribution in [0, 0.1) is 5.41 Å². The smallest absolute Gasteiger partial charge is 0.254 e. The molecule has 3 aromatic carbocycles. The van der Waals surface area contributed by atoms with Crippen LogP contribution in [0.15, 0.2) is 91.1 Å². The number of carbonyl (C=O) groups is 1. The van der Waals surface area contributed by atoms with Gasteiger partial charge in [0, 0.05) is 30.4 Å². The van der Waals surface area contributed by atoms with Gasteiger partial charge in [-0.15, -0.1) is 0 Å². The number of benzene rings is 3. The highest BCUT2D eigenvalue weighted by molar-refractivity contribution is 5.94. The number of amides is 1. The number of carbonyl (C=O) groups excluding carboxylic acids is 1. The first-order valence-electron chi connectivity index (χ1n) is 13.1. The lowest BCUT2D eigenvalue weighted by Gasteiger charge is -2.40. The van der Waals surface area contributed by atoms with E-state index in [2.05, 4.69) is 49.7 Å². The topological polar surface area (TPSA) is 73.4 Å². The lowest BCUT2D eigenvalue weighted by atomic mass is 9.84. The maximum atomic E-state index is 14.0. The fraction of sp³-hybridized carbons (Fsp3) is 0.312. The second kappa shape index (κ2) is 12.1. The Labute approximate surface area is 226 Å². The fourth-order valence-corrected chi connectivity index (χ4v) is 4.84. The number of hydrogen-bond acceptors (Lipinski definition) is 4. The van der Waals surface area contributed by atoms with Gasteiger partial charge >= 0.3 is 0 Å². The van der Waals surface area contributed by atoms with Crippen LogP contribution in [0.1, 0.15) is 55.0 Å². The normalized spacial score (nSPS) is 12.2. The SMILES string of the molecule is COc1cccc(Cn2cc(-c3ccccc3)nc2C(N(CCCN)C(=O)c2ccccc2)C(C)(C)C)c1. The minimum Gasteiger partial charge on any atom is -0.497 e. The predicted octanol–water partition coefficient (Wildman–Crippen LogP) is 6.19. The molecule has 198 valence electrons. The quantitative estimate of drug-likeness (QED) is 0.276. The first kappa shape index (κ1) is 27.1. The van der Waals surface area contributed by atoms with Gasteiger partial charge in [0.25, 0.3) is 5.91 Å². The average Bonchev–Trinajstić information content (AvgIpc) is 3.33. The Kier molecular flexibility index (Phi) is 8.64. The summed E-state index contributed by atoms with van der Waals surface area (Å²) in [7, 11) is 1.68. The lowest BCUT2D eigenvalue weighted by molar-refractivity contribution is 0.0482. The monoisotopic (exact) mass is 510 g/mol. The molecule has 0 fully saturated rings. The van der Waals surface area contributed by atoms with Gasteiger partial charge in [0.05, 0.1) is 18.8 Å². The molecule has 1 atom stereocenters. The van der Waals surface area contributed by atoms with Crippen molar-refractivity contribution in [2.45, 2.75) is 39.8 Å². The van der Waals surface area contributed by atoms with E-state index in [1.165, 1.54) is 0 Å². The van der Waals surface area contributed by atoms with Crippen LogP contribution in [-0.2, 0) is 6.54 Å². The molecule has 0 aliphatic rings. The maximum absolute atomic E-state index is 14.0. The third-order valence-electron chi connectivity index (χ3n) is 6.63. The third kappa shape index (κ3) is 6.32. The minimum absolute atomic E-state index is 0.0174. The molecule has 4 aromatic rings. The van der Waals surface area contributed by atoms with E-state index in [0.717, 1.165) is 28.4 Å². The predicted molar refractivity (Wildman–Crippen MR) is 153 cm³/mol. The molecule has 6 heteroatoms. The van der Waals surface area contributed by atoms with Gasteiger partial charge < -0.3 is 19.9 Å². The van der Waals surface area contributed by atoms with Crippen molar-refractivity contribution in [1.29, 1.82) is 0 Å². The molecule has 6 nitrogen and oxygen atoms in total. The van der Waals surface area contributed by atoms with E-state index in [1.807, 2.05) is 71.6 Å². The van der Waals surface area contributed by atoms with Gasteiger partial charge in [-0.2, -0.15) is 0 Å². The van der Waals surface area contributed by atoms with E-state index in [1.54, 1.807) is 7.11 Å². The van der Waals surface area contributed by atoms with E-state index in [0.29, 0.717) is 31.6 Å². The van der Waals surface area contributed by atoms with Crippen molar-refractivity contribution in [2.75, 3.05) is 20.2 Å². The Balaban J connectivity index is 1.86. The van der Waals surface area contributed by atoms with Gasteiger partial charge in [-0.05, 0) is 48.2 Å². The van der Waals surface area contributed by atoms with Gasteiger partial charge in [0.15, 0.2) is 0 Å². The molecule has 0 aliphatic heterocycles. The summed E-state index contributed by atoms with van der Waals surface area (Å²) in [5.41, 5.74) is 9.30. The molecule has 4 rings (SSSR count). The molecule has 1 unspecified atom stereocenters. The second-order valence-corrected chi connectivity index (χ2v) is 10.6. The number of methoxy groups -OCH3 is 1. The zero-order valence-electron chi connectivity index (χ0n) is 22.8. The molecule has 1 amide bonds. The number of aromatic nitrogens is 2. The molecule has 0 radical (unpaired) electrons. The van der Waals surface area contributed by atoms with Gasteiger partial charge in [0.1, 0.15) is 11.6 Å². The molecule has 1 aromatic heterocycles. The number of hydrogen-bond donors (Lipinski definition) is 1. The summed E-state index contributed by atoms with van der Waals surface area (Å²) in [6.07, 6.45) is 2.80. The zero-order valence-corrected chi connectivity index (χ0v) is 22.8. The van der Waals surface area contributed by atoms with Gasteiger partial charge in [-0.3, -0.25) is 4.79 Å².